The summed E-state index contributed by atoms with van der Waals surface area (Å²) >= 11 is 0. The molecule has 0 aromatic heterocycles. The molecule has 5 aliphatic carbocycles. The van der Waals surface area contributed by atoms with Gasteiger partial charge in [0, 0.05) is 0 Å². The molecule has 1 saturated heterocycles. The number of fused-ring (bicyclic) bond motifs is 7. The van der Waals surface area contributed by atoms with Crippen LogP contribution in [0.25, 0.3) is 0 Å². The molecule has 1 heterocycles. The second kappa shape index (κ2) is 9.42. The highest BCUT2D eigenvalue weighted by atomic mass is 16.6. The predicted octanol–water partition coefficient (Wildman–Crippen LogP) is 7.33. The topological polar surface area (TPSA) is 69.9 Å². The Bertz CT molecular complexity index is 934. The summed E-state index contributed by atoms with van der Waals surface area (Å²) in [6.07, 6.45) is 13.4. The van der Waals surface area contributed by atoms with E-state index in [-0.39, 0.29) is 0 Å². The number of rotatable bonds is 4. The SMILES string of the molecule is CC(CCC1OC(O)C(O)C1O)C1CC[C@@]2(C)C1CC[C@]1(C)C2CCC2[C@@]3(C)CCCC(C)(C)C3CC[C@]21C. The molecule has 14 atom stereocenters. The van der Waals surface area contributed by atoms with Crippen LogP contribution in [0.2, 0.25) is 0 Å². The lowest BCUT2D eigenvalue weighted by molar-refractivity contribution is -0.241. The molecule has 4 heteroatoms. The summed E-state index contributed by atoms with van der Waals surface area (Å²) in [4.78, 5) is 0. The van der Waals surface area contributed by atoms with Gasteiger partial charge < -0.3 is 20.1 Å². The molecule has 0 spiro atoms. The Hall–Kier alpha value is -0.160. The van der Waals surface area contributed by atoms with E-state index in [2.05, 4.69) is 48.5 Å². The van der Waals surface area contributed by atoms with Crippen LogP contribution in [0.15, 0.2) is 0 Å². The van der Waals surface area contributed by atoms with Gasteiger partial charge >= 0.3 is 0 Å². The second-order valence-electron chi connectivity index (χ2n) is 17.4. The highest BCUT2D eigenvalue weighted by Gasteiger charge is 2.70. The maximum Gasteiger partial charge on any atom is 0.183 e. The number of hydrogen-bond donors (Lipinski definition) is 3. The molecule has 5 saturated carbocycles. The quantitative estimate of drug-likeness (QED) is 0.346. The first-order valence-electron chi connectivity index (χ1n) is 16.9. The minimum atomic E-state index is -1.25. The third kappa shape index (κ3) is 3.96. The molecule has 0 bridgehead atoms. The maximum atomic E-state index is 10.3. The van der Waals surface area contributed by atoms with Crippen LogP contribution in [0.1, 0.15) is 132 Å². The molecule has 6 fully saturated rings. The summed E-state index contributed by atoms with van der Waals surface area (Å²) in [5, 5.41) is 30.0. The molecule has 0 aromatic rings. The smallest absolute Gasteiger partial charge is 0.183 e. The molecule has 39 heavy (non-hydrogen) atoms. The number of ether oxygens (including phenoxy) is 1. The lowest BCUT2D eigenvalue weighted by Crippen LogP contribution is -2.65. The van der Waals surface area contributed by atoms with Crippen molar-refractivity contribution >= 4 is 0 Å². The molecule has 10 unspecified atom stereocenters. The van der Waals surface area contributed by atoms with Gasteiger partial charge in [-0.3, -0.25) is 0 Å². The fraction of sp³-hybridized carbons (Fsp3) is 1.00. The summed E-state index contributed by atoms with van der Waals surface area (Å²) < 4.78 is 5.48. The van der Waals surface area contributed by atoms with Crippen molar-refractivity contribution in [3.05, 3.63) is 0 Å². The standard InChI is InChI=1S/C35H60O4/c1-21(9-10-24-28(36)29(37)30(38)39-24)22-13-18-32(4)23(22)14-19-34(6)26(32)11-12-27-33(5)17-8-16-31(2,3)25(33)15-20-35(27,34)7/h21-30,36-38H,8-20H2,1-7H3/t21?,22?,23?,24?,25?,26?,27?,28?,29?,30?,32-,33-,34+,35+/m0/s1. The van der Waals surface area contributed by atoms with Crippen molar-refractivity contribution in [2.45, 2.75) is 157 Å². The van der Waals surface area contributed by atoms with Crippen molar-refractivity contribution in [2.24, 2.45) is 62.6 Å². The largest absolute Gasteiger partial charge is 0.387 e. The van der Waals surface area contributed by atoms with Gasteiger partial charge in [0.1, 0.15) is 12.2 Å². The predicted molar refractivity (Wildman–Crippen MR) is 156 cm³/mol. The van der Waals surface area contributed by atoms with E-state index in [0.29, 0.717) is 39.4 Å². The summed E-state index contributed by atoms with van der Waals surface area (Å²) in [7, 11) is 0. The highest BCUT2D eigenvalue weighted by Crippen LogP contribution is 2.78. The Balaban J connectivity index is 1.19. The van der Waals surface area contributed by atoms with Gasteiger partial charge in [0.15, 0.2) is 6.29 Å². The van der Waals surface area contributed by atoms with Crippen LogP contribution in [0.5, 0.6) is 0 Å². The van der Waals surface area contributed by atoms with E-state index in [1.54, 1.807) is 0 Å². The Morgan fingerprint density at radius 1 is 0.692 bits per heavy atom. The summed E-state index contributed by atoms with van der Waals surface area (Å²) in [5.74, 6) is 4.74. The van der Waals surface area contributed by atoms with E-state index in [1.807, 2.05) is 0 Å². The normalized spacial score (nSPS) is 57.2. The van der Waals surface area contributed by atoms with E-state index >= 15 is 0 Å². The minimum absolute atomic E-state index is 0.444. The molecule has 0 amide bonds. The van der Waals surface area contributed by atoms with Gasteiger partial charge in [-0.25, -0.2) is 0 Å². The van der Waals surface area contributed by atoms with Gasteiger partial charge in [-0.2, -0.15) is 0 Å². The average molecular weight is 545 g/mol. The van der Waals surface area contributed by atoms with Crippen molar-refractivity contribution in [3.63, 3.8) is 0 Å². The average Bonchev–Trinajstić information content (AvgIpc) is 3.33. The first-order chi connectivity index (χ1) is 18.2. The summed E-state index contributed by atoms with van der Waals surface area (Å²) in [6, 6.07) is 0. The molecule has 6 rings (SSSR count). The number of hydrogen-bond acceptors (Lipinski definition) is 4. The lowest BCUT2D eigenvalue weighted by atomic mass is 9.32. The summed E-state index contributed by atoms with van der Waals surface area (Å²) in [5.41, 5.74) is 2.37. The molecule has 0 radical (unpaired) electrons. The van der Waals surface area contributed by atoms with E-state index in [0.717, 1.165) is 36.0 Å². The number of aliphatic hydroxyl groups excluding tert-OH is 3. The van der Waals surface area contributed by atoms with Crippen LogP contribution < -0.4 is 0 Å². The molecular formula is C35H60O4. The van der Waals surface area contributed by atoms with Gasteiger partial charge in [-0.1, -0.05) is 54.9 Å². The zero-order valence-electron chi connectivity index (χ0n) is 26.2. The Kier molecular flexibility index (Phi) is 6.99. The third-order valence-corrected chi connectivity index (χ3v) is 15.7. The monoisotopic (exact) mass is 544 g/mol. The zero-order chi connectivity index (χ0) is 28.2. The lowest BCUT2D eigenvalue weighted by Gasteiger charge is -2.73. The Morgan fingerprint density at radius 3 is 1.97 bits per heavy atom. The number of aliphatic hydroxyl groups is 3. The van der Waals surface area contributed by atoms with Crippen LogP contribution in [-0.4, -0.2) is 39.9 Å². The van der Waals surface area contributed by atoms with Crippen LogP contribution in [-0.2, 0) is 4.74 Å². The minimum Gasteiger partial charge on any atom is -0.387 e. The van der Waals surface area contributed by atoms with Gasteiger partial charge in [0.2, 0.25) is 0 Å². The molecule has 0 aromatic carbocycles. The molecule has 6 aliphatic rings. The van der Waals surface area contributed by atoms with Crippen LogP contribution in [0, 0.1) is 62.6 Å². The Labute approximate surface area is 239 Å². The second-order valence-corrected chi connectivity index (χ2v) is 17.4. The van der Waals surface area contributed by atoms with Crippen LogP contribution in [0.4, 0.5) is 0 Å². The zero-order valence-corrected chi connectivity index (χ0v) is 26.2. The fourth-order valence-electron chi connectivity index (χ4n) is 13.6. The first-order valence-corrected chi connectivity index (χ1v) is 16.9. The molecule has 3 N–H and O–H groups in total. The van der Waals surface area contributed by atoms with Crippen molar-refractivity contribution in [1.29, 1.82) is 0 Å². The highest BCUT2D eigenvalue weighted by molar-refractivity contribution is 5.19. The van der Waals surface area contributed by atoms with Gasteiger partial charge in [-0.15, -0.1) is 0 Å². The van der Waals surface area contributed by atoms with E-state index in [1.165, 1.54) is 70.6 Å². The molecule has 224 valence electrons. The maximum absolute atomic E-state index is 10.3. The van der Waals surface area contributed by atoms with Crippen molar-refractivity contribution in [3.8, 4) is 0 Å². The third-order valence-electron chi connectivity index (χ3n) is 15.7. The van der Waals surface area contributed by atoms with Crippen molar-refractivity contribution in [2.75, 3.05) is 0 Å². The van der Waals surface area contributed by atoms with Gasteiger partial charge in [0.05, 0.1) is 6.10 Å². The van der Waals surface area contributed by atoms with E-state index in [9.17, 15) is 15.3 Å². The van der Waals surface area contributed by atoms with Gasteiger partial charge in [-0.05, 0) is 140 Å². The Morgan fingerprint density at radius 2 is 1.33 bits per heavy atom. The molecule has 1 aliphatic heterocycles. The van der Waals surface area contributed by atoms with E-state index < -0.39 is 24.6 Å². The van der Waals surface area contributed by atoms with Gasteiger partial charge in [0.25, 0.3) is 0 Å². The van der Waals surface area contributed by atoms with E-state index in [4.69, 9.17) is 4.74 Å². The van der Waals surface area contributed by atoms with Crippen LogP contribution in [0.3, 0.4) is 0 Å². The summed E-state index contributed by atoms with van der Waals surface area (Å²) in [6.45, 7) is 18.5. The fourth-order valence-corrected chi connectivity index (χ4v) is 13.6. The molecule has 4 nitrogen and oxygen atoms in total. The van der Waals surface area contributed by atoms with Crippen molar-refractivity contribution < 1.29 is 20.1 Å². The van der Waals surface area contributed by atoms with Crippen LogP contribution >= 0.6 is 0 Å². The first kappa shape index (κ1) is 28.9. The molecular weight excluding hydrogens is 484 g/mol. The van der Waals surface area contributed by atoms with Crippen molar-refractivity contribution in [1.82, 2.24) is 0 Å².